The minimum atomic E-state index is -0.599. The van der Waals surface area contributed by atoms with Crippen LogP contribution in [0.2, 0.25) is 0 Å². The summed E-state index contributed by atoms with van der Waals surface area (Å²) in [6, 6.07) is 23.7. The molecule has 3 heteroatoms. The van der Waals surface area contributed by atoms with E-state index < -0.39 is 5.41 Å². The fraction of sp³-hybridized carbons (Fsp3) is 0.273. The third-order valence-electron chi connectivity index (χ3n) is 5.60. The number of hydrogen-bond donors (Lipinski definition) is 0. The van der Waals surface area contributed by atoms with Gasteiger partial charge in [0.05, 0.1) is 12.4 Å². The zero-order valence-corrected chi connectivity index (χ0v) is 14.1. The first-order valence-electron chi connectivity index (χ1n) is 8.84. The quantitative estimate of drug-likeness (QED) is 0.695. The maximum absolute atomic E-state index is 10.4. The highest BCUT2D eigenvalue weighted by Crippen LogP contribution is 2.49. The fourth-order valence-corrected chi connectivity index (χ4v) is 4.37. The topological polar surface area (TPSA) is 41.6 Å². The van der Waals surface area contributed by atoms with Crippen LogP contribution in [0.1, 0.15) is 36.4 Å². The van der Waals surface area contributed by atoms with Crippen molar-refractivity contribution in [3.63, 3.8) is 0 Å². The van der Waals surface area contributed by atoms with E-state index in [-0.39, 0.29) is 5.92 Å². The first-order chi connectivity index (χ1) is 12.3. The summed E-state index contributed by atoms with van der Waals surface area (Å²) in [4.78, 5) is 4.19. The minimum Gasteiger partial charge on any atom is -0.334 e. The normalized spacial score (nSPS) is 20.3. The molecule has 25 heavy (non-hydrogen) atoms. The van der Waals surface area contributed by atoms with Gasteiger partial charge in [-0.25, -0.2) is 4.98 Å². The third-order valence-corrected chi connectivity index (χ3v) is 5.60. The molecule has 4 rings (SSSR count). The number of benzene rings is 2. The molecule has 3 aromatic rings. The van der Waals surface area contributed by atoms with Gasteiger partial charge in [0, 0.05) is 18.4 Å². The molecule has 1 heterocycles. The second-order valence-corrected chi connectivity index (χ2v) is 6.83. The van der Waals surface area contributed by atoms with Crippen LogP contribution in [-0.2, 0) is 5.41 Å². The van der Waals surface area contributed by atoms with E-state index in [0.717, 1.165) is 30.4 Å². The van der Waals surface area contributed by atoms with E-state index in [1.807, 2.05) is 55.1 Å². The molecule has 0 spiro atoms. The van der Waals surface area contributed by atoms with Crippen LogP contribution in [0.15, 0.2) is 79.4 Å². The van der Waals surface area contributed by atoms with Crippen molar-refractivity contribution in [2.45, 2.75) is 30.7 Å². The van der Waals surface area contributed by atoms with Gasteiger partial charge in [0.25, 0.3) is 0 Å². The molecule has 1 aliphatic rings. The second kappa shape index (κ2) is 6.57. The maximum atomic E-state index is 10.4. The van der Waals surface area contributed by atoms with Gasteiger partial charge >= 0.3 is 0 Å². The van der Waals surface area contributed by atoms with Crippen molar-refractivity contribution in [2.75, 3.05) is 0 Å². The summed E-state index contributed by atoms with van der Waals surface area (Å²) in [5.74, 6) is 0.287. The van der Waals surface area contributed by atoms with Crippen LogP contribution in [0.5, 0.6) is 0 Å². The summed E-state index contributed by atoms with van der Waals surface area (Å²) < 4.78 is 2.19. The van der Waals surface area contributed by atoms with E-state index in [4.69, 9.17) is 0 Å². The van der Waals surface area contributed by atoms with Gasteiger partial charge in [0.1, 0.15) is 5.41 Å². The Labute approximate surface area is 148 Å². The minimum absolute atomic E-state index is 0.287. The standard InChI is InChI=1S/C22H21N3/c23-16-22(18-7-3-1-4-8-18,19-9-5-2-6-10-19)20-11-12-21(15-20)25-14-13-24-17-25/h1-10,13-14,17,20-21H,11-12,15H2/t20-,21+/m1/s1. The highest BCUT2D eigenvalue weighted by atomic mass is 15.1. The van der Waals surface area contributed by atoms with Crippen LogP contribution in [0.3, 0.4) is 0 Å². The van der Waals surface area contributed by atoms with E-state index >= 15 is 0 Å². The molecular weight excluding hydrogens is 306 g/mol. The molecule has 0 N–H and O–H groups in total. The SMILES string of the molecule is N#CC(c1ccccc1)(c1ccccc1)[C@@H]1CC[C@H](n2ccnc2)C1. The Morgan fingerprint density at radius 3 is 2.12 bits per heavy atom. The van der Waals surface area contributed by atoms with Gasteiger partial charge in [0.2, 0.25) is 0 Å². The van der Waals surface area contributed by atoms with E-state index in [2.05, 4.69) is 39.9 Å². The van der Waals surface area contributed by atoms with Gasteiger partial charge in [-0.2, -0.15) is 5.26 Å². The summed E-state index contributed by atoms with van der Waals surface area (Å²) in [7, 11) is 0. The zero-order chi connectivity index (χ0) is 17.1. The summed E-state index contributed by atoms with van der Waals surface area (Å²) in [5, 5.41) is 10.4. The van der Waals surface area contributed by atoms with Gasteiger partial charge in [0.15, 0.2) is 0 Å². The van der Waals surface area contributed by atoms with E-state index in [1.54, 1.807) is 0 Å². The smallest absolute Gasteiger partial charge is 0.110 e. The molecule has 1 saturated carbocycles. The van der Waals surface area contributed by atoms with Crippen LogP contribution >= 0.6 is 0 Å². The summed E-state index contributed by atoms with van der Waals surface area (Å²) >= 11 is 0. The molecule has 3 nitrogen and oxygen atoms in total. The maximum Gasteiger partial charge on any atom is 0.110 e. The third kappa shape index (κ3) is 2.64. The Kier molecular flexibility index (Phi) is 4.11. The van der Waals surface area contributed by atoms with Crippen molar-refractivity contribution in [2.24, 2.45) is 5.92 Å². The molecule has 1 aromatic heterocycles. The molecule has 2 atom stereocenters. The Balaban J connectivity index is 1.78. The molecule has 0 unspecified atom stereocenters. The lowest BCUT2D eigenvalue weighted by molar-refractivity contribution is 0.381. The largest absolute Gasteiger partial charge is 0.334 e. The van der Waals surface area contributed by atoms with Crippen LogP contribution in [0.4, 0.5) is 0 Å². The number of aromatic nitrogens is 2. The molecule has 0 bridgehead atoms. The average molecular weight is 327 g/mol. The van der Waals surface area contributed by atoms with E-state index in [1.165, 1.54) is 0 Å². The van der Waals surface area contributed by atoms with Gasteiger partial charge in [-0.05, 0) is 36.3 Å². The van der Waals surface area contributed by atoms with Crippen molar-refractivity contribution >= 4 is 0 Å². The number of nitrogens with zero attached hydrogens (tertiary/aromatic N) is 3. The number of rotatable bonds is 4. The lowest BCUT2D eigenvalue weighted by Gasteiger charge is -2.34. The molecule has 0 aliphatic heterocycles. The predicted molar refractivity (Wildman–Crippen MR) is 97.9 cm³/mol. The molecular formula is C22H21N3. The summed E-state index contributed by atoms with van der Waals surface area (Å²) in [6.07, 6.45) is 8.88. The lowest BCUT2D eigenvalue weighted by Crippen LogP contribution is -2.34. The number of imidazole rings is 1. The molecule has 1 aliphatic carbocycles. The van der Waals surface area contributed by atoms with Crippen molar-refractivity contribution < 1.29 is 0 Å². The van der Waals surface area contributed by atoms with E-state index in [0.29, 0.717) is 6.04 Å². The molecule has 1 fully saturated rings. The molecule has 0 radical (unpaired) electrons. The van der Waals surface area contributed by atoms with Crippen molar-refractivity contribution in [3.05, 3.63) is 90.5 Å². The van der Waals surface area contributed by atoms with Gasteiger partial charge < -0.3 is 4.57 Å². The zero-order valence-electron chi connectivity index (χ0n) is 14.1. The number of hydrogen-bond acceptors (Lipinski definition) is 2. The Morgan fingerprint density at radius 1 is 0.960 bits per heavy atom. The van der Waals surface area contributed by atoms with Gasteiger partial charge in [-0.1, -0.05) is 60.7 Å². The second-order valence-electron chi connectivity index (χ2n) is 6.83. The number of nitriles is 1. The molecule has 124 valence electrons. The average Bonchev–Trinajstić information content (AvgIpc) is 3.37. The fourth-order valence-electron chi connectivity index (χ4n) is 4.37. The molecule has 0 saturated heterocycles. The Morgan fingerprint density at radius 2 is 1.60 bits per heavy atom. The molecule has 2 aromatic carbocycles. The summed E-state index contributed by atoms with van der Waals surface area (Å²) in [5.41, 5.74) is 1.60. The molecule has 0 amide bonds. The van der Waals surface area contributed by atoms with Crippen molar-refractivity contribution in [1.29, 1.82) is 5.26 Å². The Hall–Kier alpha value is -2.86. The van der Waals surface area contributed by atoms with Crippen molar-refractivity contribution in [3.8, 4) is 6.07 Å². The predicted octanol–water partition coefficient (Wildman–Crippen LogP) is 4.73. The highest BCUT2D eigenvalue weighted by molar-refractivity contribution is 5.47. The highest BCUT2D eigenvalue weighted by Gasteiger charge is 2.46. The van der Waals surface area contributed by atoms with Crippen LogP contribution < -0.4 is 0 Å². The van der Waals surface area contributed by atoms with E-state index in [9.17, 15) is 5.26 Å². The first-order valence-corrected chi connectivity index (χ1v) is 8.84. The van der Waals surface area contributed by atoms with Gasteiger partial charge in [-0.15, -0.1) is 0 Å². The summed E-state index contributed by atoms with van der Waals surface area (Å²) in [6.45, 7) is 0. The monoisotopic (exact) mass is 327 g/mol. The van der Waals surface area contributed by atoms with Crippen LogP contribution in [0, 0.1) is 17.2 Å². The van der Waals surface area contributed by atoms with Crippen LogP contribution in [-0.4, -0.2) is 9.55 Å². The Bertz CT molecular complexity index is 808. The lowest BCUT2D eigenvalue weighted by atomic mass is 9.66. The van der Waals surface area contributed by atoms with Crippen molar-refractivity contribution in [1.82, 2.24) is 9.55 Å². The van der Waals surface area contributed by atoms with Gasteiger partial charge in [-0.3, -0.25) is 0 Å². The first kappa shape index (κ1) is 15.7. The van der Waals surface area contributed by atoms with Crippen LogP contribution in [0.25, 0.3) is 0 Å².